The van der Waals surface area contributed by atoms with Crippen LogP contribution in [0.3, 0.4) is 0 Å². The molecule has 0 radical (unpaired) electrons. The fourth-order valence-electron chi connectivity index (χ4n) is 3.25. The number of rotatable bonds is 8. The van der Waals surface area contributed by atoms with E-state index in [1.165, 1.54) is 16.7 Å². The predicted molar refractivity (Wildman–Crippen MR) is 118 cm³/mol. The number of methoxy groups -OCH3 is 1. The van der Waals surface area contributed by atoms with Crippen molar-refractivity contribution in [2.45, 2.75) is 27.7 Å². The number of nitrogens with zero attached hydrogens (tertiary/aromatic N) is 2. The van der Waals surface area contributed by atoms with Crippen LogP contribution in [-0.2, 0) is 0 Å². The van der Waals surface area contributed by atoms with Gasteiger partial charge in [-0.05, 0) is 63.1 Å². The van der Waals surface area contributed by atoms with Gasteiger partial charge in [0, 0.05) is 11.8 Å². The molecule has 0 aliphatic heterocycles. The van der Waals surface area contributed by atoms with Gasteiger partial charge in [-0.2, -0.15) is 0 Å². The fraction of sp³-hybridized carbons (Fsp3) is 0.304. The number of aromatic nitrogens is 2. The van der Waals surface area contributed by atoms with E-state index < -0.39 is 0 Å². The van der Waals surface area contributed by atoms with Crippen LogP contribution in [0.5, 0.6) is 11.5 Å². The monoisotopic (exact) mass is 392 g/mol. The van der Waals surface area contributed by atoms with Gasteiger partial charge in [0.05, 0.1) is 13.7 Å². The highest BCUT2D eigenvalue weighted by molar-refractivity contribution is 5.66. The van der Waals surface area contributed by atoms with E-state index in [-0.39, 0.29) is 0 Å². The van der Waals surface area contributed by atoms with E-state index in [4.69, 9.17) is 9.47 Å². The van der Waals surface area contributed by atoms with Crippen molar-refractivity contribution in [3.8, 4) is 11.5 Å². The number of anilines is 3. The van der Waals surface area contributed by atoms with Gasteiger partial charge in [0.25, 0.3) is 0 Å². The first-order valence-electron chi connectivity index (χ1n) is 9.66. The molecule has 0 spiro atoms. The van der Waals surface area contributed by atoms with Crippen LogP contribution < -0.4 is 20.1 Å². The number of nitrogens with one attached hydrogen (secondary N) is 2. The van der Waals surface area contributed by atoms with Gasteiger partial charge >= 0.3 is 0 Å². The van der Waals surface area contributed by atoms with E-state index >= 15 is 0 Å². The minimum atomic E-state index is 0.522. The van der Waals surface area contributed by atoms with Crippen LogP contribution in [0, 0.1) is 27.7 Å². The van der Waals surface area contributed by atoms with Gasteiger partial charge in [0.15, 0.2) is 0 Å². The molecular weight excluding hydrogens is 364 g/mol. The molecule has 0 saturated carbocycles. The molecule has 6 nitrogen and oxygen atoms in total. The first-order valence-corrected chi connectivity index (χ1v) is 9.66. The topological polar surface area (TPSA) is 68.3 Å². The smallest absolute Gasteiger partial charge is 0.136 e. The van der Waals surface area contributed by atoms with E-state index in [2.05, 4.69) is 53.5 Å². The second-order valence-electron chi connectivity index (χ2n) is 7.04. The first-order chi connectivity index (χ1) is 13.9. The summed E-state index contributed by atoms with van der Waals surface area (Å²) in [4.78, 5) is 8.99. The number of hydrogen-bond donors (Lipinski definition) is 2. The summed E-state index contributed by atoms with van der Waals surface area (Å²) in [5, 5.41) is 6.74. The molecule has 1 aromatic heterocycles. The Morgan fingerprint density at radius 1 is 0.828 bits per heavy atom. The van der Waals surface area contributed by atoms with Gasteiger partial charge in [-0.3, -0.25) is 0 Å². The van der Waals surface area contributed by atoms with Crippen LogP contribution in [0.2, 0.25) is 0 Å². The summed E-state index contributed by atoms with van der Waals surface area (Å²) in [6.45, 7) is 9.35. The summed E-state index contributed by atoms with van der Waals surface area (Å²) < 4.78 is 10.9. The van der Waals surface area contributed by atoms with Gasteiger partial charge < -0.3 is 20.1 Å². The van der Waals surface area contributed by atoms with Crippen molar-refractivity contribution in [2.75, 3.05) is 30.9 Å². The third-order valence-electron chi connectivity index (χ3n) is 4.50. The van der Waals surface area contributed by atoms with E-state index in [1.54, 1.807) is 7.11 Å². The largest absolute Gasteiger partial charge is 0.497 e. The minimum Gasteiger partial charge on any atom is -0.497 e. The SMILES string of the molecule is COc1ccc(OCCNc2cc(Nc3c(C)cc(C)cc3C)nc(C)n2)cc1. The zero-order chi connectivity index (χ0) is 20.8. The van der Waals surface area contributed by atoms with Gasteiger partial charge in [0.2, 0.25) is 0 Å². The van der Waals surface area contributed by atoms with Crippen LogP contribution in [-0.4, -0.2) is 30.2 Å². The Morgan fingerprint density at radius 3 is 2.10 bits per heavy atom. The molecule has 6 heteroatoms. The maximum Gasteiger partial charge on any atom is 0.136 e. The average molecular weight is 393 g/mol. The molecule has 0 bridgehead atoms. The van der Waals surface area contributed by atoms with Gasteiger partial charge in [-0.25, -0.2) is 9.97 Å². The Kier molecular flexibility index (Phi) is 6.54. The number of hydrogen-bond acceptors (Lipinski definition) is 6. The first kappa shape index (κ1) is 20.5. The van der Waals surface area contributed by atoms with E-state index in [0.717, 1.165) is 28.8 Å². The number of benzene rings is 2. The minimum absolute atomic E-state index is 0.522. The molecule has 0 aliphatic carbocycles. The van der Waals surface area contributed by atoms with Crippen molar-refractivity contribution in [3.05, 3.63) is 65.0 Å². The van der Waals surface area contributed by atoms with Crippen LogP contribution >= 0.6 is 0 Å². The van der Waals surface area contributed by atoms with Crippen molar-refractivity contribution in [1.82, 2.24) is 9.97 Å². The van der Waals surface area contributed by atoms with Gasteiger partial charge in [-0.1, -0.05) is 17.7 Å². The number of aryl methyl sites for hydroxylation is 4. The molecule has 3 aromatic rings. The lowest BCUT2D eigenvalue weighted by molar-refractivity contribution is 0.331. The Bertz CT molecular complexity index is 948. The molecule has 2 N–H and O–H groups in total. The summed E-state index contributed by atoms with van der Waals surface area (Å²) in [6, 6.07) is 13.8. The van der Waals surface area contributed by atoms with Crippen molar-refractivity contribution >= 4 is 17.3 Å². The summed E-state index contributed by atoms with van der Waals surface area (Å²) in [5.74, 6) is 3.85. The Hall–Kier alpha value is -3.28. The van der Waals surface area contributed by atoms with Crippen LogP contribution in [0.15, 0.2) is 42.5 Å². The fourth-order valence-corrected chi connectivity index (χ4v) is 3.25. The summed E-state index contributed by atoms with van der Waals surface area (Å²) >= 11 is 0. The summed E-state index contributed by atoms with van der Waals surface area (Å²) in [6.07, 6.45) is 0. The van der Waals surface area contributed by atoms with Crippen LogP contribution in [0.25, 0.3) is 0 Å². The third-order valence-corrected chi connectivity index (χ3v) is 4.50. The number of ether oxygens (including phenoxy) is 2. The van der Waals surface area contributed by atoms with E-state index in [1.807, 2.05) is 37.3 Å². The highest BCUT2D eigenvalue weighted by Crippen LogP contribution is 2.26. The summed E-state index contributed by atoms with van der Waals surface area (Å²) in [5.41, 5.74) is 4.73. The highest BCUT2D eigenvalue weighted by Gasteiger charge is 2.07. The zero-order valence-corrected chi connectivity index (χ0v) is 17.7. The molecule has 0 unspecified atom stereocenters. The standard InChI is InChI=1S/C23H28N4O2/c1-15-12-16(2)23(17(3)13-15)27-22-14-21(25-18(4)26-22)24-10-11-29-20-8-6-19(28-5)7-9-20/h6-9,12-14H,10-11H2,1-5H3,(H2,24,25,26,27). The van der Waals surface area contributed by atoms with Crippen molar-refractivity contribution < 1.29 is 9.47 Å². The Labute approximate surface area is 172 Å². The molecule has 1 heterocycles. The lowest BCUT2D eigenvalue weighted by Gasteiger charge is -2.15. The van der Waals surface area contributed by atoms with E-state index in [0.29, 0.717) is 19.0 Å². The maximum absolute atomic E-state index is 5.75. The van der Waals surface area contributed by atoms with Crippen LogP contribution in [0.1, 0.15) is 22.5 Å². The molecule has 0 aliphatic rings. The molecule has 0 amide bonds. The average Bonchev–Trinajstić information content (AvgIpc) is 2.68. The normalized spacial score (nSPS) is 10.5. The van der Waals surface area contributed by atoms with Gasteiger partial charge in [0.1, 0.15) is 35.6 Å². The second-order valence-corrected chi connectivity index (χ2v) is 7.04. The highest BCUT2D eigenvalue weighted by atomic mass is 16.5. The summed E-state index contributed by atoms with van der Waals surface area (Å²) in [7, 11) is 1.65. The molecule has 152 valence electrons. The van der Waals surface area contributed by atoms with Gasteiger partial charge in [-0.15, -0.1) is 0 Å². The molecule has 0 atom stereocenters. The molecule has 0 fully saturated rings. The Morgan fingerprint density at radius 2 is 1.45 bits per heavy atom. The molecule has 3 rings (SSSR count). The zero-order valence-electron chi connectivity index (χ0n) is 17.7. The lowest BCUT2D eigenvalue weighted by atomic mass is 10.1. The lowest BCUT2D eigenvalue weighted by Crippen LogP contribution is -2.13. The van der Waals surface area contributed by atoms with Crippen molar-refractivity contribution in [2.24, 2.45) is 0 Å². The predicted octanol–water partition coefficient (Wildman–Crippen LogP) is 4.95. The van der Waals surface area contributed by atoms with E-state index in [9.17, 15) is 0 Å². The molecular formula is C23H28N4O2. The molecule has 29 heavy (non-hydrogen) atoms. The van der Waals surface area contributed by atoms with Crippen molar-refractivity contribution in [3.63, 3.8) is 0 Å². The third kappa shape index (κ3) is 5.60. The molecule has 2 aromatic carbocycles. The second kappa shape index (κ2) is 9.28. The van der Waals surface area contributed by atoms with Crippen LogP contribution in [0.4, 0.5) is 17.3 Å². The van der Waals surface area contributed by atoms with Crippen molar-refractivity contribution in [1.29, 1.82) is 0 Å². The Balaban J connectivity index is 1.60. The quantitative estimate of drug-likeness (QED) is 0.529. The maximum atomic E-state index is 5.75. The molecule has 0 saturated heterocycles.